The van der Waals surface area contributed by atoms with Crippen molar-refractivity contribution in [1.82, 2.24) is 4.90 Å². The fraction of sp³-hybridized carbons (Fsp3) is 0.417. The van der Waals surface area contributed by atoms with Crippen molar-refractivity contribution in [2.45, 2.75) is 6.54 Å². The zero-order valence-electron chi connectivity index (χ0n) is 9.58. The van der Waals surface area contributed by atoms with Gasteiger partial charge in [0.1, 0.15) is 11.7 Å². The third kappa shape index (κ3) is 3.01. The standard InChI is InChI=1S/C12H16FN3O/c13-10-2-1-9(11(7-10)12(14)15)8-16-3-5-17-6-4-16/h1-2,7H,3-6,8H2,(H3,14,15). The molecule has 1 fully saturated rings. The molecule has 1 aliphatic rings. The van der Waals surface area contributed by atoms with Gasteiger partial charge in [0.2, 0.25) is 0 Å². The van der Waals surface area contributed by atoms with Crippen LogP contribution in [0.5, 0.6) is 0 Å². The fourth-order valence-electron chi connectivity index (χ4n) is 1.94. The Morgan fingerprint density at radius 1 is 1.41 bits per heavy atom. The minimum absolute atomic E-state index is 0.0900. The average molecular weight is 237 g/mol. The molecule has 92 valence electrons. The van der Waals surface area contributed by atoms with E-state index in [9.17, 15) is 4.39 Å². The van der Waals surface area contributed by atoms with E-state index in [4.69, 9.17) is 15.9 Å². The molecule has 3 N–H and O–H groups in total. The molecule has 1 aromatic rings. The molecule has 4 nitrogen and oxygen atoms in total. The number of nitrogens with zero attached hydrogens (tertiary/aromatic N) is 1. The second kappa shape index (κ2) is 5.25. The quantitative estimate of drug-likeness (QED) is 0.607. The number of nitrogen functional groups attached to an aromatic ring is 1. The largest absolute Gasteiger partial charge is 0.384 e. The summed E-state index contributed by atoms with van der Waals surface area (Å²) in [6, 6.07) is 4.42. The maximum atomic E-state index is 13.1. The van der Waals surface area contributed by atoms with Gasteiger partial charge in [-0.2, -0.15) is 0 Å². The summed E-state index contributed by atoms with van der Waals surface area (Å²) in [6.45, 7) is 3.83. The Morgan fingerprint density at radius 2 is 2.12 bits per heavy atom. The number of amidine groups is 1. The van der Waals surface area contributed by atoms with Crippen LogP contribution in [0.3, 0.4) is 0 Å². The molecule has 0 spiro atoms. The number of morpholine rings is 1. The van der Waals surface area contributed by atoms with Crippen molar-refractivity contribution in [3.8, 4) is 0 Å². The molecule has 2 rings (SSSR count). The molecule has 1 aromatic carbocycles. The van der Waals surface area contributed by atoms with E-state index >= 15 is 0 Å². The van der Waals surface area contributed by atoms with Crippen LogP contribution in [0.25, 0.3) is 0 Å². The van der Waals surface area contributed by atoms with Crippen molar-refractivity contribution in [3.05, 3.63) is 35.1 Å². The second-order valence-corrected chi connectivity index (χ2v) is 4.10. The van der Waals surface area contributed by atoms with Crippen molar-refractivity contribution >= 4 is 5.84 Å². The van der Waals surface area contributed by atoms with Gasteiger partial charge in [-0.05, 0) is 17.7 Å². The van der Waals surface area contributed by atoms with E-state index in [0.29, 0.717) is 12.1 Å². The predicted molar refractivity (Wildman–Crippen MR) is 63.5 cm³/mol. The highest BCUT2D eigenvalue weighted by atomic mass is 19.1. The number of nitrogens with one attached hydrogen (secondary N) is 1. The highest BCUT2D eigenvalue weighted by Gasteiger charge is 2.14. The number of nitrogens with two attached hydrogens (primary N) is 1. The molecule has 0 unspecified atom stereocenters. The zero-order valence-corrected chi connectivity index (χ0v) is 9.58. The zero-order chi connectivity index (χ0) is 12.3. The summed E-state index contributed by atoms with van der Waals surface area (Å²) >= 11 is 0. The Kier molecular flexibility index (Phi) is 3.71. The number of benzene rings is 1. The maximum Gasteiger partial charge on any atom is 0.123 e. The monoisotopic (exact) mass is 237 g/mol. The van der Waals surface area contributed by atoms with Crippen LogP contribution in [0, 0.1) is 11.2 Å². The average Bonchev–Trinajstić information content (AvgIpc) is 2.32. The number of hydrogen-bond acceptors (Lipinski definition) is 3. The van der Waals surface area contributed by atoms with Gasteiger partial charge < -0.3 is 10.5 Å². The maximum absolute atomic E-state index is 13.1. The van der Waals surface area contributed by atoms with E-state index in [0.717, 1.165) is 31.9 Å². The van der Waals surface area contributed by atoms with Crippen LogP contribution in [-0.2, 0) is 11.3 Å². The first kappa shape index (κ1) is 12.0. The van der Waals surface area contributed by atoms with Gasteiger partial charge in [0, 0.05) is 25.2 Å². The summed E-state index contributed by atoms with van der Waals surface area (Å²) < 4.78 is 18.4. The van der Waals surface area contributed by atoms with Gasteiger partial charge in [-0.15, -0.1) is 0 Å². The van der Waals surface area contributed by atoms with Crippen LogP contribution in [0.1, 0.15) is 11.1 Å². The molecule has 0 amide bonds. The topological polar surface area (TPSA) is 62.3 Å². The molecule has 0 aliphatic carbocycles. The summed E-state index contributed by atoms with van der Waals surface area (Å²) in [6.07, 6.45) is 0. The minimum Gasteiger partial charge on any atom is -0.384 e. The molecule has 0 radical (unpaired) electrons. The van der Waals surface area contributed by atoms with Gasteiger partial charge in [0.25, 0.3) is 0 Å². The second-order valence-electron chi connectivity index (χ2n) is 4.10. The third-order valence-electron chi connectivity index (χ3n) is 2.86. The molecule has 1 saturated heterocycles. The first-order chi connectivity index (χ1) is 8.16. The van der Waals surface area contributed by atoms with Gasteiger partial charge in [0.05, 0.1) is 13.2 Å². The molecule has 0 bridgehead atoms. The van der Waals surface area contributed by atoms with Crippen LogP contribution in [-0.4, -0.2) is 37.0 Å². The van der Waals surface area contributed by atoms with E-state index in [1.165, 1.54) is 12.1 Å². The van der Waals surface area contributed by atoms with Crippen molar-refractivity contribution in [3.63, 3.8) is 0 Å². The van der Waals surface area contributed by atoms with Crippen LogP contribution >= 0.6 is 0 Å². The lowest BCUT2D eigenvalue weighted by Crippen LogP contribution is -2.36. The lowest BCUT2D eigenvalue weighted by atomic mass is 10.1. The minimum atomic E-state index is -0.360. The van der Waals surface area contributed by atoms with Gasteiger partial charge in [-0.25, -0.2) is 4.39 Å². The number of hydrogen-bond donors (Lipinski definition) is 2. The fourth-order valence-corrected chi connectivity index (χ4v) is 1.94. The molecule has 1 aliphatic heterocycles. The van der Waals surface area contributed by atoms with Gasteiger partial charge in [0.15, 0.2) is 0 Å². The summed E-state index contributed by atoms with van der Waals surface area (Å²) in [7, 11) is 0. The van der Waals surface area contributed by atoms with E-state index < -0.39 is 0 Å². The van der Waals surface area contributed by atoms with E-state index in [1.807, 2.05) is 0 Å². The molecule has 0 aromatic heterocycles. The molecule has 1 heterocycles. The van der Waals surface area contributed by atoms with Crippen LogP contribution in [0.4, 0.5) is 4.39 Å². The van der Waals surface area contributed by atoms with Crippen molar-refractivity contribution in [2.75, 3.05) is 26.3 Å². The van der Waals surface area contributed by atoms with Crippen molar-refractivity contribution in [2.24, 2.45) is 5.73 Å². The van der Waals surface area contributed by atoms with Crippen LogP contribution in [0.15, 0.2) is 18.2 Å². The summed E-state index contributed by atoms with van der Waals surface area (Å²) in [5.41, 5.74) is 6.83. The van der Waals surface area contributed by atoms with Crippen LogP contribution in [0.2, 0.25) is 0 Å². The molecule has 0 atom stereocenters. The SMILES string of the molecule is N=C(N)c1cc(F)ccc1CN1CCOCC1. The molecule has 5 heteroatoms. The van der Waals surface area contributed by atoms with Crippen LogP contribution < -0.4 is 5.73 Å². The van der Waals surface area contributed by atoms with Crippen molar-refractivity contribution in [1.29, 1.82) is 5.41 Å². The predicted octanol–water partition coefficient (Wildman–Crippen LogP) is 0.942. The Labute approximate surface area is 99.7 Å². The van der Waals surface area contributed by atoms with E-state index in [2.05, 4.69) is 4.90 Å². The lowest BCUT2D eigenvalue weighted by molar-refractivity contribution is 0.0341. The Balaban J connectivity index is 2.16. The molecular weight excluding hydrogens is 221 g/mol. The molecule has 17 heavy (non-hydrogen) atoms. The Morgan fingerprint density at radius 3 is 2.76 bits per heavy atom. The summed E-state index contributed by atoms with van der Waals surface area (Å²) in [5, 5.41) is 7.46. The number of ether oxygens (including phenoxy) is 1. The highest BCUT2D eigenvalue weighted by Crippen LogP contribution is 2.14. The number of rotatable bonds is 3. The van der Waals surface area contributed by atoms with Gasteiger partial charge in [-0.1, -0.05) is 6.07 Å². The van der Waals surface area contributed by atoms with E-state index in [-0.39, 0.29) is 11.7 Å². The van der Waals surface area contributed by atoms with Crippen molar-refractivity contribution < 1.29 is 9.13 Å². The Bertz CT molecular complexity index is 416. The van der Waals surface area contributed by atoms with Gasteiger partial charge >= 0.3 is 0 Å². The summed E-state index contributed by atoms with van der Waals surface area (Å²) in [5.74, 6) is -0.450. The molecule has 0 saturated carbocycles. The number of halogens is 1. The highest BCUT2D eigenvalue weighted by molar-refractivity contribution is 5.96. The van der Waals surface area contributed by atoms with Gasteiger partial charge in [-0.3, -0.25) is 10.3 Å². The Hall–Kier alpha value is -1.46. The summed E-state index contributed by atoms with van der Waals surface area (Å²) in [4.78, 5) is 2.21. The molecular formula is C12H16FN3O. The normalized spacial score (nSPS) is 17.0. The third-order valence-corrected chi connectivity index (χ3v) is 2.86. The smallest absolute Gasteiger partial charge is 0.123 e. The first-order valence-electron chi connectivity index (χ1n) is 5.60. The first-order valence-corrected chi connectivity index (χ1v) is 5.60. The van der Waals surface area contributed by atoms with E-state index in [1.54, 1.807) is 6.07 Å². The lowest BCUT2D eigenvalue weighted by Gasteiger charge is -2.27.